The highest BCUT2D eigenvalue weighted by molar-refractivity contribution is 5.88. The van der Waals surface area contributed by atoms with Crippen LogP contribution in [0.1, 0.15) is 143 Å². The van der Waals surface area contributed by atoms with Crippen LogP contribution in [0.2, 0.25) is 0 Å². The first-order chi connectivity index (χ1) is 15.6. The molecule has 2 amide bonds. The smallest absolute Gasteiger partial charge is 0.242 e. The van der Waals surface area contributed by atoms with E-state index >= 15 is 0 Å². The van der Waals surface area contributed by atoms with Crippen LogP contribution in [-0.4, -0.2) is 24.4 Å². The predicted molar refractivity (Wildman–Crippen MR) is 137 cm³/mol. The van der Waals surface area contributed by atoms with Crippen molar-refractivity contribution in [3.63, 3.8) is 0 Å². The van der Waals surface area contributed by atoms with Crippen molar-refractivity contribution in [1.29, 1.82) is 0 Å². The molecular formula is C28H54N2O2. The molecule has 1 saturated carbocycles. The number of hydrogen-bond acceptors (Lipinski definition) is 2. The van der Waals surface area contributed by atoms with Crippen LogP contribution in [0.15, 0.2) is 0 Å². The highest BCUT2D eigenvalue weighted by Gasteiger charge is 2.28. The van der Waals surface area contributed by atoms with Gasteiger partial charge < -0.3 is 10.6 Å². The second-order valence-corrected chi connectivity index (χ2v) is 10.5. The lowest BCUT2D eigenvalue weighted by Crippen LogP contribution is -2.51. The van der Waals surface area contributed by atoms with E-state index in [-0.39, 0.29) is 23.7 Å². The summed E-state index contributed by atoms with van der Waals surface area (Å²) in [5, 5.41) is 6.10. The Kier molecular flexibility index (Phi) is 17.6. The van der Waals surface area contributed by atoms with E-state index in [0.29, 0.717) is 0 Å². The Hall–Kier alpha value is -1.06. The maximum absolute atomic E-state index is 12.6. The van der Waals surface area contributed by atoms with Gasteiger partial charge in [0.05, 0.1) is 0 Å². The molecule has 0 bridgehead atoms. The highest BCUT2D eigenvalue weighted by atomic mass is 16.2. The van der Waals surface area contributed by atoms with Crippen LogP contribution in [0, 0.1) is 11.8 Å². The molecule has 0 radical (unpaired) electrons. The van der Waals surface area contributed by atoms with Crippen LogP contribution in [-0.2, 0) is 9.59 Å². The third-order valence-corrected chi connectivity index (χ3v) is 7.05. The number of carbonyl (C=O) groups excluding carboxylic acids is 2. The second kappa shape index (κ2) is 19.4. The van der Waals surface area contributed by atoms with Gasteiger partial charge in [0, 0.05) is 12.5 Å². The third-order valence-electron chi connectivity index (χ3n) is 7.05. The second-order valence-electron chi connectivity index (χ2n) is 10.5. The van der Waals surface area contributed by atoms with E-state index < -0.39 is 6.04 Å². The first kappa shape index (κ1) is 29.0. The minimum absolute atomic E-state index is 0.0150. The lowest BCUT2D eigenvalue weighted by molar-refractivity contribution is -0.132. The van der Waals surface area contributed by atoms with Crippen molar-refractivity contribution in [3.05, 3.63) is 0 Å². The minimum Gasteiger partial charge on any atom is -0.354 e. The van der Waals surface area contributed by atoms with Crippen molar-refractivity contribution in [2.75, 3.05) is 6.54 Å². The molecule has 1 fully saturated rings. The summed E-state index contributed by atoms with van der Waals surface area (Å²) in [6.45, 7) is 7.02. The topological polar surface area (TPSA) is 58.2 Å². The van der Waals surface area contributed by atoms with E-state index in [2.05, 4.69) is 17.6 Å². The van der Waals surface area contributed by atoms with E-state index in [4.69, 9.17) is 0 Å². The Labute approximate surface area is 199 Å². The average molecular weight is 451 g/mol. The van der Waals surface area contributed by atoms with Crippen molar-refractivity contribution in [3.8, 4) is 0 Å². The molecule has 188 valence electrons. The van der Waals surface area contributed by atoms with Crippen LogP contribution in [0.25, 0.3) is 0 Å². The van der Waals surface area contributed by atoms with E-state index in [1.165, 1.54) is 89.9 Å². The standard InChI is InChI=1S/C28H54N2O2/c1-4-5-6-7-8-9-10-11-12-13-14-15-16-20-23-29-28(32)26(24(2)3)30-27(31)25-21-18-17-19-22-25/h24-26H,4-23H2,1-3H3,(H,29,32)(H,30,31). The molecule has 4 heteroatoms. The SMILES string of the molecule is CCCCCCCCCCCCCCCCNC(=O)C(NC(=O)C1CCCCC1)C(C)C. The molecule has 4 nitrogen and oxygen atoms in total. The molecule has 2 N–H and O–H groups in total. The van der Waals surface area contributed by atoms with Gasteiger partial charge in [0.25, 0.3) is 0 Å². The molecule has 1 rings (SSSR count). The number of hydrogen-bond donors (Lipinski definition) is 2. The van der Waals surface area contributed by atoms with Crippen LogP contribution in [0.4, 0.5) is 0 Å². The van der Waals surface area contributed by atoms with Crippen LogP contribution in [0.5, 0.6) is 0 Å². The number of rotatable bonds is 19. The molecule has 0 aliphatic heterocycles. The lowest BCUT2D eigenvalue weighted by atomic mass is 9.88. The van der Waals surface area contributed by atoms with E-state index in [1.54, 1.807) is 0 Å². The molecule has 0 saturated heterocycles. The molecule has 1 aliphatic rings. The van der Waals surface area contributed by atoms with E-state index in [0.717, 1.165) is 38.6 Å². The Bertz CT molecular complexity index is 472. The Morgan fingerprint density at radius 2 is 1.19 bits per heavy atom. The van der Waals surface area contributed by atoms with Gasteiger partial charge in [0.1, 0.15) is 6.04 Å². The van der Waals surface area contributed by atoms with Crippen molar-refractivity contribution >= 4 is 11.8 Å². The van der Waals surface area contributed by atoms with Gasteiger partial charge in [-0.3, -0.25) is 9.59 Å². The van der Waals surface area contributed by atoms with Gasteiger partial charge in [-0.1, -0.05) is 124 Å². The quantitative estimate of drug-likeness (QED) is 0.203. The third kappa shape index (κ3) is 14.2. The minimum atomic E-state index is -0.406. The number of carbonyl (C=O) groups is 2. The van der Waals surface area contributed by atoms with Gasteiger partial charge in [-0.15, -0.1) is 0 Å². The number of unbranched alkanes of at least 4 members (excludes halogenated alkanes) is 13. The molecule has 32 heavy (non-hydrogen) atoms. The zero-order valence-corrected chi connectivity index (χ0v) is 21.7. The highest BCUT2D eigenvalue weighted by Crippen LogP contribution is 2.24. The molecule has 0 aromatic carbocycles. The van der Waals surface area contributed by atoms with Gasteiger partial charge >= 0.3 is 0 Å². The van der Waals surface area contributed by atoms with E-state index in [9.17, 15) is 9.59 Å². The first-order valence-corrected chi connectivity index (χ1v) is 14.1. The molecule has 0 heterocycles. The summed E-state index contributed by atoms with van der Waals surface area (Å²) in [6.07, 6.45) is 24.2. The van der Waals surface area contributed by atoms with Gasteiger partial charge in [-0.05, 0) is 25.2 Å². The van der Waals surface area contributed by atoms with Crippen LogP contribution < -0.4 is 10.6 Å². The van der Waals surface area contributed by atoms with Gasteiger partial charge in [-0.25, -0.2) is 0 Å². The molecule has 1 unspecified atom stereocenters. The predicted octanol–water partition coefficient (Wildman–Crippen LogP) is 7.31. The molecular weight excluding hydrogens is 396 g/mol. The molecule has 0 aromatic heterocycles. The largest absolute Gasteiger partial charge is 0.354 e. The van der Waals surface area contributed by atoms with Gasteiger partial charge in [-0.2, -0.15) is 0 Å². The maximum Gasteiger partial charge on any atom is 0.242 e. The molecule has 0 spiro atoms. The molecule has 1 aliphatic carbocycles. The Morgan fingerprint density at radius 1 is 0.719 bits per heavy atom. The van der Waals surface area contributed by atoms with Crippen molar-refractivity contribution in [2.24, 2.45) is 11.8 Å². The number of amides is 2. The summed E-state index contributed by atoms with van der Waals surface area (Å²) >= 11 is 0. The monoisotopic (exact) mass is 450 g/mol. The fourth-order valence-corrected chi connectivity index (χ4v) is 4.81. The summed E-state index contributed by atoms with van der Waals surface area (Å²) in [7, 11) is 0. The van der Waals surface area contributed by atoms with Crippen LogP contribution >= 0.6 is 0 Å². The summed E-state index contributed by atoms with van der Waals surface area (Å²) in [4.78, 5) is 25.2. The summed E-state index contributed by atoms with van der Waals surface area (Å²) < 4.78 is 0. The van der Waals surface area contributed by atoms with Crippen LogP contribution in [0.3, 0.4) is 0 Å². The average Bonchev–Trinajstić information content (AvgIpc) is 2.80. The normalized spacial score (nSPS) is 15.6. The summed E-state index contributed by atoms with van der Waals surface area (Å²) in [5.41, 5.74) is 0. The van der Waals surface area contributed by atoms with Gasteiger partial charge in [0.15, 0.2) is 0 Å². The number of nitrogens with one attached hydrogen (secondary N) is 2. The zero-order valence-electron chi connectivity index (χ0n) is 21.7. The summed E-state index contributed by atoms with van der Waals surface area (Å²) in [6, 6.07) is -0.406. The molecule has 1 atom stereocenters. The Balaban J connectivity index is 2.00. The fourth-order valence-electron chi connectivity index (χ4n) is 4.81. The summed E-state index contributed by atoms with van der Waals surface area (Å²) in [5.74, 6) is 0.274. The van der Waals surface area contributed by atoms with E-state index in [1.807, 2.05) is 13.8 Å². The fraction of sp³-hybridized carbons (Fsp3) is 0.929. The lowest BCUT2D eigenvalue weighted by Gasteiger charge is -2.26. The van der Waals surface area contributed by atoms with Crippen molar-refractivity contribution in [2.45, 2.75) is 149 Å². The van der Waals surface area contributed by atoms with Crippen molar-refractivity contribution in [1.82, 2.24) is 10.6 Å². The molecule has 0 aromatic rings. The van der Waals surface area contributed by atoms with Gasteiger partial charge in [0.2, 0.25) is 11.8 Å². The Morgan fingerprint density at radius 3 is 1.66 bits per heavy atom. The maximum atomic E-state index is 12.6. The van der Waals surface area contributed by atoms with Crippen molar-refractivity contribution < 1.29 is 9.59 Å². The first-order valence-electron chi connectivity index (χ1n) is 14.1. The zero-order chi connectivity index (χ0) is 23.4.